The maximum Gasteiger partial charge on any atom is 0.244 e. The molecule has 0 aliphatic rings. The van der Waals surface area contributed by atoms with Crippen molar-refractivity contribution in [1.82, 2.24) is 4.67 Å². The summed E-state index contributed by atoms with van der Waals surface area (Å²) in [6.45, 7) is 9.63. The first-order valence-corrected chi connectivity index (χ1v) is 8.51. The van der Waals surface area contributed by atoms with Gasteiger partial charge in [-0.1, -0.05) is 26.6 Å². The number of carbonyl (C=O) groups is 2. The Morgan fingerprint density at radius 2 is 1.73 bits per heavy atom. The molecule has 0 heterocycles. The minimum absolute atomic E-state index is 0.238. The van der Waals surface area contributed by atoms with E-state index in [9.17, 15) is 9.59 Å². The van der Waals surface area contributed by atoms with Crippen LogP contribution in [0.5, 0.6) is 0 Å². The molecule has 0 aromatic carbocycles. The van der Waals surface area contributed by atoms with Gasteiger partial charge < -0.3 is 4.67 Å². The molecule has 0 unspecified atom stereocenters. The molecule has 15 heavy (non-hydrogen) atoms. The number of hydrogen-bond acceptors (Lipinski definition) is 4. The second-order valence-corrected chi connectivity index (χ2v) is 9.47. The molecule has 0 saturated carbocycles. The number of carbonyl (C=O) groups excluding carboxylic acids is 2. The molecule has 0 fully saturated rings. The zero-order chi connectivity index (χ0) is 12.2. The molecule has 0 atom stereocenters. The van der Waals surface area contributed by atoms with Crippen LogP contribution >= 0.6 is 0 Å². The van der Waals surface area contributed by atoms with Gasteiger partial charge in [0.05, 0.1) is 0 Å². The maximum absolute atomic E-state index is 11.4. The van der Waals surface area contributed by atoms with Gasteiger partial charge in [-0.3, -0.25) is 9.59 Å². The van der Waals surface area contributed by atoms with Gasteiger partial charge in [-0.2, -0.15) is 5.10 Å². The van der Waals surface area contributed by atoms with Crippen molar-refractivity contribution in [3.63, 3.8) is 0 Å². The Bertz CT molecular complexity index is 292. The fourth-order valence-corrected chi connectivity index (χ4v) is 1.23. The molecule has 0 radical (unpaired) electrons. The zero-order valence-corrected chi connectivity index (χ0v) is 11.4. The van der Waals surface area contributed by atoms with E-state index in [4.69, 9.17) is 0 Å². The van der Waals surface area contributed by atoms with Crippen LogP contribution in [-0.2, 0) is 9.59 Å². The predicted octanol–water partition coefficient (Wildman–Crippen LogP) is 1.68. The fraction of sp³-hybridized carbons (Fsp3) is 0.700. The average Bonchev–Trinajstić information content (AvgIpc) is 2.13. The van der Waals surface area contributed by atoms with E-state index >= 15 is 0 Å². The number of hydrogen-bond donors (Lipinski definition) is 0. The lowest BCUT2D eigenvalue weighted by atomic mass is 10.1. The summed E-state index contributed by atoms with van der Waals surface area (Å²) in [5.41, 5.74) is 0.284. The van der Waals surface area contributed by atoms with Crippen molar-refractivity contribution in [2.24, 2.45) is 5.10 Å². The van der Waals surface area contributed by atoms with E-state index in [1.165, 1.54) is 0 Å². The third kappa shape index (κ3) is 4.38. The molecule has 0 N–H and O–H groups in total. The summed E-state index contributed by atoms with van der Waals surface area (Å²) < 4.78 is 1.82. The molecule has 0 rings (SSSR count). The molecule has 0 bridgehead atoms. The van der Waals surface area contributed by atoms with Crippen molar-refractivity contribution in [2.75, 3.05) is 7.05 Å². The fourth-order valence-electron chi connectivity index (χ4n) is 0.783. The summed E-state index contributed by atoms with van der Waals surface area (Å²) in [5, 5.41) is 4.16. The SMILES string of the molecule is CCC(=O)C(=O)C(C)=NN(C)[Si](C)(C)C. The molecule has 4 nitrogen and oxygen atoms in total. The number of Topliss-reactive ketones (excluding diaryl/α,β-unsaturated/α-hetero) is 2. The van der Waals surface area contributed by atoms with E-state index < -0.39 is 14.0 Å². The van der Waals surface area contributed by atoms with Gasteiger partial charge in [-0.15, -0.1) is 0 Å². The van der Waals surface area contributed by atoms with E-state index in [0.717, 1.165) is 0 Å². The van der Waals surface area contributed by atoms with Gasteiger partial charge in [-0.05, 0) is 6.92 Å². The van der Waals surface area contributed by atoms with Crippen LogP contribution in [-0.4, -0.2) is 37.2 Å². The Balaban J connectivity index is 4.71. The summed E-state index contributed by atoms with van der Waals surface area (Å²) >= 11 is 0. The number of ketones is 2. The monoisotopic (exact) mass is 228 g/mol. The van der Waals surface area contributed by atoms with Crippen molar-refractivity contribution in [3.8, 4) is 0 Å². The largest absolute Gasteiger partial charge is 0.327 e. The van der Waals surface area contributed by atoms with Crippen LogP contribution in [0.2, 0.25) is 19.6 Å². The minimum atomic E-state index is -1.53. The highest BCUT2D eigenvalue weighted by Crippen LogP contribution is 2.07. The van der Waals surface area contributed by atoms with Crippen LogP contribution in [0.25, 0.3) is 0 Å². The topological polar surface area (TPSA) is 49.7 Å². The van der Waals surface area contributed by atoms with Gasteiger partial charge >= 0.3 is 0 Å². The normalized spacial score (nSPS) is 12.5. The van der Waals surface area contributed by atoms with Crippen LogP contribution < -0.4 is 0 Å². The highest BCUT2D eigenvalue weighted by molar-refractivity contribution is 6.73. The van der Waals surface area contributed by atoms with Gasteiger partial charge in [0.15, 0.2) is 8.24 Å². The molecule has 0 aromatic rings. The third-order valence-electron chi connectivity index (χ3n) is 2.17. The molecule has 0 aliphatic carbocycles. The Hall–Kier alpha value is -0.973. The second kappa shape index (κ2) is 5.20. The summed E-state index contributed by atoms with van der Waals surface area (Å²) in [7, 11) is 0.315. The van der Waals surface area contributed by atoms with Crippen molar-refractivity contribution < 1.29 is 9.59 Å². The highest BCUT2D eigenvalue weighted by atomic mass is 28.3. The van der Waals surface area contributed by atoms with Gasteiger partial charge in [-0.25, -0.2) is 0 Å². The number of rotatable bonds is 5. The summed E-state index contributed by atoms with van der Waals surface area (Å²) in [4.78, 5) is 22.6. The third-order valence-corrected chi connectivity index (χ3v) is 4.22. The quantitative estimate of drug-likeness (QED) is 0.311. The molecule has 0 aliphatic heterocycles. The predicted molar refractivity (Wildman–Crippen MR) is 64.5 cm³/mol. The van der Waals surface area contributed by atoms with Crippen LogP contribution in [0.3, 0.4) is 0 Å². The Kier molecular flexibility index (Phi) is 4.87. The van der Waals surface area contributed by atoms with Crippen molar-refractivity contribution in [3.05, 3.63) is 0 Å². The smallest absolute Gasteiger partial charge is 0.244 e. The minimum Gasteiger partial charge on any atom is -0.327 e. The first-order valence-electron chi connectivity index (χ1n) is 5.06. The van der Waals surface area contributed by atoms with E-state index in [2.05, 4.69) is 24.7 Å². The highest BCUT2D eigenvalue weighted by Gasteiger charge is 2.21. The average molecular weight is 228 g/mol. The molecule has 86 valence electrons. The van der Waals surface area contributed by atoms with Gasteiger partial charge in [0.1, 0.15) is 5.71 Å². The number of nitrogens with zero attached hydrogens (tertiary/aromatic N) is 2. The van der Waals surface area contributed by atoms with Crippen LogP contribution in [0.4, 0.5) is 0 Å². The van der Waals surface area contributed by atoms with Crippen LogP contribution in [0.15, 0.2) is 5.10 Å². The molecular formula is C10H20N2O2Si. The lowest BCUT2D eigenvalue weighted by Gasteiger charge is -2.27. The molecule has 0 saturated heterocycles. The summed E-state index contributed by atoms with van der Waals surface area (Å²) in [5.74, 6) is -0.845. The Labute approximate surface area is 92.4 Å². The van der Waals surface area contributed by atoms with Crippen LogP contribution in [0.1, 0.15) is 20.3 Å². The van der Waals surface area contributed by atoms with Crippen molar-refractivity contribution in [1.29, 1.82) is 0 Å². The van der Waals surface area contributed by atoms with Crippen molar-refractivity contribution >= 4 is 25.5 Å². The lowest BCUT2D eigenvalue weighted by Crippen LogP contribution is -2.40. The molecule has 0 amide bonds. The first kappa shape index (κ1) is 14.0. The van der Waals surface area contributed by atoms with Gasteiger partial charge in [0.25, 0.3) is 0 Å². The molecule has 0 aromatic heterocycles. The molecule has 5 heteroatoms. The molecular weight excluding hydrogens is 208 g/mol. The van der Waals surface area contributed by atoms with E-state index in [1.807, 2.05) is 11.7 Å². The van der Waals surface area contributed by atoms with E-state index in [-0.39, 0.29) is 17.9 Å². The summed E-state index contributed by atoms with van der Waals surface area (Å²) in [6.07, 6.45) is 0.238. The van der Waals surface area contributed by atoms with Crippen LogP contribution in [0, 0.1) is 0 Å². The van der Waals surface area contributed by atoms with Gasteiger partial charge in [0, 0.05) is 13.5 Å². The number of hydrazone groups is 1. The van der Waals surface area contributed by atoms with E-state index in [1.54, 1.807) is 13.8 Å². The van der Waals surface area contributed by atoms with Gasteiger partial charge in [0.2, 0.25) is 11.6 Å². The Morgan fingerprint density at radius 3 is 2.07 bits per heavy atom. The zero-order valence-electron chi connectivity index (χ0n) is 10.4. The first-order chi connectivity index (χ1) is 6.70. The molecule has 0 spiro atoms. The second-order valence-electron chi connectivity index (χ2n) is 4.49. The Morgan fingerprint density at radius 1 is 1.27 bits per heavy atom. The van der Waals surface area contributed by atoms with E-state index in [0.29, 0.717) is 0 Å². The summed E-state index contributed by atoms with van der Waals surface area (Å²) in [6, 6.07) is 0. The maximum atomic E-state index is 11.4. The lowest BCUT2D eigenvalue weighted by molar-refractivity contribution is -0.132. The van der Waals surface area contributed by atoms with Crippen molar-refractivity contribution in [2.45, 2.75) is 39.9 Å². The standard InChI is InChI=1S/C10H20N2O2Si/c1-7-9(13)10(14)8(2)11-12(3)15(4,5)6/h7H2,1-6H3.